The van der Waals surface area contributed by atoms with Gasteiger partial charge in [-0.3, -0.25) is 10.1 Å². The van der Waals surface area contributed by atoms with E-state index in [2.05, 4.69) is 5.32 Å². The minimum Gasteiger partial charge on any atom is -0.317 e. The smallest absolute Gasteiger partial charge is 0.317 e. The second kappa shape index (κ2) is 4.93. The maximum absolute atomic E-state index is 11.0. The first-order valence-corrected chi connectivity index (χ1v) is 6.51. The average Bonchev–Trinajstić information content (AvgIpc) is 2.74. The van der Waals surface area contributed by atoms with E-state index in [-0.39, 0.29) is 4.92 Å². The van der Waals surface area contributed by atoms with Gasteiger partial charge in [0.05, 0.1) is 4.92 Å². The van der Waals surface area contributed by atoms with E-state index in [0.29, 0.717) is 10.9 Å². The summed E-state index contributed by atoms with van der Waals surface area (Å²) in [6.45, 7) is 3.99. The van der Waals surface area contributed by atoms with Crippen LogP contribution in [0.1, 0.15) is 36.1 Å². The monoisotopic (exact) mass is 240 g/mol. The van der Waals surface area contributed by atoms with E-state index in [1.165, 1.54) is 11.3 Å². The van der Waals surface area contributed by atoms with Crippen LogP contribution in [0.5, 0.6) is 0 Å². The molecule has 0 spiro atoms. The van der Waals surface area contributed by atoms with Crippen LogP contribution in [-0.4, -0.2) is 18.0 Å². The van der Waals surface area contributed by atoms with E-state index in [9.17, 15) is 10.1 Å². The van der Waals surface area contributed by atoms with Gasteiger partial charge in [-0.15, -0.1) is 0 Å². The Bertz CT molecular complexity index is 383. The maximum Gasteiger partial charge on any atom is 0.327 e. The van der Waals surface area contributed by atoms with Crippen molar-refractivity contribution < 1.29 is 4.92 Å². The molecule has 0 aliphatic carbocycles. The molecule has 1 aliphatic heterocycles. The van der Waals surface area contributed by atoms with Gasteiger partial charge in [-0.1, -0.05) is 18.3 Å². The van der Waals surface area contributed by atoms with Gasteiger partial charge in [0.1, 0.15) is 0 Å². The van der Waals surface area contributed by atoms with E-state index in [1.54, 1.807) is 0 Å². The molecule has 4 nitrogen and oxygen atoms in total. The van der Waals surface area contributed by atoms with E-state index in [1.807, 2.05) is 13.0 Å². The predicted octanol–water partition coefficient (Wildman–Crippen LogP) is 2.69. The zero-order valence-corrected chi connectivity index (χ0v) is 10.2. The van der Waals surface area contributed by atoms with Crippen LogP contribution in [0.4, 0.5) is 5.00 Å². The molecular formula is C11H16N2O2S. The molecule has 2 rings (SSSR count). The molecule has 0 aromatic carbocycles. The predicted molar refractivity (Wildman–Crippen MR) is 65.2 cm³/mol. The summed E-state index contributed by atoms with van der Waals surface area (Å²) in [7, 11) is 0. The number of nitro groups is 1. The van der Waals surface area contributed by atoms with Crippen LogP contribution in [0.3, 0.4) is 0 Å². The lowest BCUT2D eigenvalue weighted by Crippen LogP contribution is -2.26. The van der Waals surface area contributed by atoms with Crippen molar-refractivity contribution in [3.63, 3.8) is 0 Å². The Labute approximate surface area is 98.8 Å². The normalized spacial score (nSPS) is 17.6. The van der Waals surface area contributed by atoms with Gasteiger partial charge in [0.25, 0.3) is 0 Å². The third-order valence-corrected chi connectivity index (χ3v) is 4.33. The lowest BCUT2D eigenvalue weighted by molar-refractivity contribution is -0.381. The second-order valence-electron chi connectivity index (χ2n) is 4.11. The molecule has 16 heavy (non-hydrogen) atoms. The van der Waals surface area contributed by atoms with Crippen molar-refractivity contribution in [1.82, 2.24) is 5.32 Å². The lowest BCUT2D eigenvalue weighted by Gasteiger charge is -2.21. The molecule has 0 saturated carbocycles. The first-order valence-electron chi connectivity index (χ1n) is 5.70. The van der Waals surface area contributed by atoms with Gasteiger partial charge < -0.3 is 5.32 Å². The SMILES string of the molecule is CCc1cc(C2CCNCC2)c([N+](=O)[O-])s1. The van der Waals surface area contributed by atoms with Crippen LogP contribution in [0.2, 0.25) is 0 Å². The zero-order valence-electron chi connectivity index (χ0n) is 9.36. The van der Waals surface area contributed by atoms with E-state index < -0.39 is 0 Å². The van der Waals surface area contributed by atoms with E-state index in [4.69, 9.17) is 0 Å². The standard InChI is InChI=1S/C11H16N2O2S/c1-2-9-7-10(11(16-9)13(14)15)8-3-5-12-6-4-8/h7-8,12H,2-6H2,1H3. The van der Waals surface area contributed by atoms with Gasteiger partial charge in [-0.25, -0.2) is 0 Å². The number of hydrogen-bond acceptors (Lipinski definition) is 4. The zero-order chi connectivity index (χ0) is 11.5. The van der Waals surface area contributed by atoms with Crippen LogP contribution < -0.4 is 5.32 Å². The summed E-state index contributed by atoms with van der Waals surface area (Å²) in [4.78, 5) is 11.9. The van der Waals surface area contributed by atoms with Crippen molar-refractivity contribution in [3.8, 4) is 0 Å². The van der Waals surface area contributed by atoms with E-state index >= 15 is 0 Å². The summed E-state index contributed by atoms with van der Waals surface area (Å²) in [6.07, 6.45) is 2.91. The molecular weight excluding hydrogens is 224 g/mol. The Balaban J connectivity index is 2.29. The molecule has 88 valence electrons. The molecule has 0 atom stereocenters. The molecule has 1 aromatic rings. The molecule has 1 fully saturated rings. The molecule has 1 N–H and O–H groups in total. The maximum atomic E-state index is 11.0. The van der Waals surface area contributed by atoms with E-state index in [0.717, 1.165) is 42.8 Å². The van der Waals surface area contributed by atoms with Crippen LogP contribution >= 0.6 is 11.3 Å². The highest BCUT2D eigenvalue weighted by molar-refractivity contribution is 7.15. The third kappa shape index (κ3) is 2.25. The third-order valence-electron chi connectivity index (χ3n) is 3.08. The molecule has 1 aliphatic rings. The lowest BCUT2D eigenvalue weighted by atomic mass is 9.91. The number of aryl methyl sites for hydroxylation is 1. The summed E-state index contributed by atoms with van der Waals surface area (Å²) in [5, 5.41) is 14.6. The summed E-state index contributed by atoms with van der Waals surface area (Å²) in [6, 6.07) is 2.04. The van der Waals surface area contributed by atoms with Crippen molar-refractivity contribution in [2.24, 2.45) is 0 Å². The quantitative estimate of drug-likeness (QED) is 0.653. The van der Waals surface area contributed by atoms with Gasteiger partial charge in [-0.2, -0.15) is 0 Å². The molecule has 2 heterocycles. The van der Waals surface area contributed by atoms with Gasteiger partial charge >= 0.3 is 5.00 Å². The minimum absolute atomic E-state index is 0.221. The van der Waals surface area contributed by atoms with Crippen LogP contribution in [0, 0.1) is 10.1 Å². The Kier molecular flexibility index (Phi) is 3.56. The highest BCUT2D eigenvalue weighted by Gasteiger charge is 2.26. The number of thiophene rings is 1. The Morgan fingerprint density at radius 3 is 2.81 bits per heavy atom. The molecule has 1 saturated heterocycles. The van der Waals surface area contributed by atoms with Gasteiger partial charge in [-0.05, 0) is 44.3 Å². The van der Waals surface area contributed by atoms with Crippen molar-refractivity contribution in [2.75, 3.05) is 13.1 Å². The fraction of sp³-hybridized carbons (Fsp3) is 0.636. The largest absolute Gasteiger partial charge is 0.327 e. The van der Waals surface area contributed by atoms with Crippen molar-refractivity contribution >= 4 is 16.3 Å². The fourth-order valence-corrected chi connectivity index (χ4v) is 3.19. The second-order valence-corrected chi connectivity index (χ2v) is 5.22. The first kappa shape index (κ1) is 11.5. The van der Waals surface area contributed by atoms with Crippen molar-refractivity contribution in [2.45, 2.75) is 32.1 Å². The molecule has 0 bridgehead atoms. The van der Waals surface area contributed by atoms with Crippen LogP contribution in [-0.2, 0) is 6.42 Å². The average molecular weight is 240 g/mol. The Hall–Kier alpha value is -0.940. The van der Waals surface area contributed by atoms with Gasteiger partial charge in [0, 0.05) is 10.4 Å². The number of nitrogens with one attached hydrogen (secondary N) is 1. The minimum atomic E-state index is -0.221. The summed E-state index contributed by atoms with van der Waals surface area (Å²) < 4.78 is 0. The molecule has 0 radical (unpaired) electrons. The number of nitrogens with zero attached hydrogens (tertiary/aromatic N) is 1. The number of piperidine rings is 1. The molecule has 1 aromatic heterocycles. The summed E-state index contributed by atoms with van der Waals surface area (Å²) >= 11 is 1.34. The Morgan fingerprint density at radius 1 is 1.56 bits per heavy atom. The Morgan fingerprint density at radius 2 is 2.25 bits per heavy atom. The molecule has 0 unspecified atom stereocenters. The first-order chi connectivity index (χ1) is 7.72. The van der Waals surface area contributed by atoms with Crippen LogP contribution in [0.15, 0.2) is 6.07 Å². The highest BCUT2D eigenvalue weighted by atomic mass is 32.1. The van der Waals surface area contributed by atoms with Gasteiger partial charge in [0.15, 0.2) is 0 Å². The topological polar surface area (TPSA) is 55.2 Å². The van der Waals surface area contributed by atoms with Gasteiger partial charge in [0.2, 0.25) is 0 Å². The highest BCUT2D eigenvalue weighted by Crippen LogP contribution is 2.38. The fourth-order valence-electron chi connectivity index (χ4n) is 2.19. The summed E-state index contributed by atoms with van der Waals surface area (Å²) in [5.41, 5.74) is 0.966. The number of rotatable bonds is 3. The molecule has 0 amide bonds. The van der Waals surface area contributed by atoms with Crippen molar-refractivity contribution in [1.29, 1.82) is 0 Å². The van der Waals surface area contributed by atoms with Crippen LogP contribution in [0.25, 0.3) is 0 Å². The molecule has 5 heteroatoms. The van der Waals surface area contributed by atoms with Crippen molar-refractivity contribution in [3.05, 3.63) is 26.6 Å². The summed E-state index contributed by atoms with van der Waals surface area (Å²) in [5.74, 6) is 0.373. The number of hydrogen-bond donors (Lipinski definition) is 1.